The first-order valence-corrected chi connectivity index (χ1v) is 26.3. The highest BCUT2D eigenvalue weighted by molar-refractivity contribution is 5.71. The smallest absolute Gasteiger partial charge is 0.306 e. The summed E-state index contributed by atoms with van der Waals surface area (Å²) in [5, 5.41) is 0. The first-order valence-electron chi connectivity index (χ1n) is 26.3. The molecule has 0 aromatic heterocycles. The fourth-order valence-electron chi connectivity index (χ4n) is 6.44. The number of esters is 3. The van der Waals surface area contributed by atoms with Gasteiger partial charge in [0.25, 0.3) is 0 Å². The molecule has 0 N–H and O–H groups in total. The fourth-order valence-corrected chi connectivity index (χ4v) is 6.44. The zero-order valence-electron chi connectivity index (χ0n) is 42.6. The van der Waals surface area contributed by atoms with Crippen molar-refractivity contribution in [3.05, 3.63) is 146 Å². The number of unbranched alkanes of at least 4 members (excludes halogenated alkanes) is 10. The lowest BCUT2D eigenvalue weighted by molar-refractivity contribution is -0.166. The van der Waals surface area contributed by atoms with Crippen LogP contribution in [-0.2, 0) is 28.6 Å². The second-order valence-corrected chi connectivity index (χ2v) is 16.7. The molecule has 0 aliphatic rings. The van der Waals surface area contributed by atoms with Crippen LogP contribution in [0.2, 0.25) is 0 Å². The van der Waals surface area contributed by atoms with Crippen LogP contribution in [0, 0.1) is 0 Å². The second kappa shape index (κ2) is 53.9. The van der Waals surface area contributed by atoms with Crippen molar-refractivity contribution in [2.75, 3.05) is 13.2 Å². The van der Waals surface area contributed by atoms with Gasteiger partial charge in [-0.3, -0.25) is 14.4 Å². The van der Waals surface area contributed by atoms with Crippen molar-refractivity contribution < 1.29 is 28.6 Å². The highest BCUT2D eigenvalue weighted by Crippen LogP contribution is 2.10. The highest BCUT2D eigenvalue weighted by Gasteiger charge is 2.19. The van der Waals surface area contributed by atoms with Crippen LogP contribution in [-0.4, -0.2) is 37.2 Å². The minimum Gasteiger partial charge on any atom is -0.462 e. The number of carbonyl (C=O) groups is 3. The summed E-state index contributed by atoms with van der Waals surface area (Å²) in [5.74, 6) is -1.11. The van der Waals surface area contributed by atoms with E-state index in [1.165, 1.54) is 38.5 Å². The predicted octanol–water partition coefficient (Wildman–Crippen LogP) is 17.6. The van der Waals surface area contributed by atoms with Gasteiger partial charge in [0.2, 0.25) is 0 Å². The summed E-state index contributed by atoms with van der Waals surface area (Å²) in [6, 6.07) is 0. The van der Waals surface area contributed by atoms with Gasteiger partial charge in [-0.1, -0.05) is 205 Å². The third-order valence-corrected chi connectivity index (χ3v) is 10.3. The van der Waals surface area contributed by atoms with E-state index in [9.17, 15) is 14.4 Å². The van der Waals surface area contributed by atoms with Crippen molar-refractivity contribution in [1.82, 2.24) is 0 Å². The van der Waals surface area contributed by atoms with Gasteiger partial charge < -0.3 is 14.2 Å². The number of hydrogen-bond acceptors (Lipinski definition) is 6. The summed E-state index contributed by atoms with van der Waals surface area (Å²) in [4.78, 5) is 38.0. The first kappa shape index (κ1) is 62.3. The van der Waals surface area contributed by atoms with Crippen LogP contribution in [0.15, 0.2) is 146 Å². The molecule has 0 spiro atoms. The van der Waals surface area contributed by atoms with Crippen LogP contribution in [0.1, 0.15) is 201 Å². The molecule has 0 saturated heterocycles. The van der Waals surface area contributed by atoms with E-state index in [4.69, 9.17) is 14.2 Å². The molecule has 0 radical (unpaired) electrons. The topological polar surface area (TPSA) is 78.9 Å². The minimum absolute atomic E-state index is 0.141. The number of carbonyl (C=O) groups excluding carboxylic acids is 3. The average molecular weight is 923 g/mol. The van der Waals surface area contributed by atoms with Crippen molar-refractivity contribution in [1.29, 1.82) is 0 Å². The molecule has 374 valence electrons. The lowest BCUT2D eigenvalue weighted by Gasteiger charge is -2.18. The van der Waals surface area contributed by atoms with Crippen LogP contribution >= 0.6 is 0 Å². The zero-order chi connectivity index (χ0) is 48.6. The Hall–Kier alpha value is -4.71. The Morgan fingerprint density at radius 2 is 0.627 bits per heavy atom. The maximum atomic E-state index is 12.8. The van der Waals surface area contributed by atoms with Crippen LogP contribution in [0.5, 0.6) is 0 Å². The van der Waals surface area contributed by atoms with Gasteiger partial charge in [0.1, 0.15) is 13.2 Å². The normalized spacial score (nSPS) is 13.3. The van der Waals surface area contributed by atoms with Gasteiger partial charge in [0, 0.05) is 19.3 Å². The van der Waals surface area contributed by atoms with Crippen LogP contribution < -0.4 is 0 Å². The first-order chi connectivity index (χ1) is 33.0. The monoisotopic (exact) mass is 923 g/mol. The number of hydrogen-bond donors (Lipinski definition) is 0. The van der Waals surface area contributed by atoms with Crippen molar-refractivity contribution in [3.63, 3.8) is 0 Å². The third kappa shape index (κ3) is 52.1. The van der Waals surface area contributed by atoms with E-state index < -0.39 is 12.1 Å². The summed E-state index contributed by atoms with van der Waals surface area (Å²) in [6.07, 6.45) is 77.1. The SMILES string of the molecule is CC/C=C\C/C=C\C/C=C\C/C=C\C/C=C\CCCCCC(=O)OCC(COC(=O)CC/C=C\C/C=C\CCCCCCCC)OC(=O)CCC/C=C\C/C=C\C/C=C\C/C=C\C/C=C\CC. The molecule has 0 fully saturated rings. The molecular formula is C61H94O6. The quantitative estimate of drug-likeness (QED) is 0.0262. The Morgan fingerprint density at radius 1 is 0.313 bits per heavy atom. The number of rotatable bonds is 45. The van der Waals surface area contributed by atoms with Gasteiger partial charge in [-0.2, -0.15) is 0 Å². The molecule has 1 unspecified atom stereocenters. The molecule has 1 atom stereocenters. The predicted molar refractivity (Wildman–Crippen MR) is 288 cm³/mol. The lowest BCUT2D eigenvalue weighted by atomic mass is 10.1. The van der Waals surface area contributed by atoms with Crippen LogP contribution in [0.3, 0.4) is 0 Å². The molecule has 6 nitrogen and oxygen atoms in total. The maximum absolute atomic E-state index is 12.8. The molecular weight excluding hydrogens is 829 g/mol. The average Bonchev–Trinajstić information content (AvgIpc) is 3.33. The molecule has 0 aromatic carbocycles. The Balaban J connectivity index is 4.62. The third-order valence-electron chi connectivity index (χ3n) is 10.3. The van der Waals surface area contributed by atoms with Gasteiger partial charge in [0.05, 0.1) is 0 Å². The van der Waals surface area contributed by atoms with Gasteiger partial charge >= 0.3 is 17.9 Å². The van der Waals surface area contributed by atoms with E-state index in [-0.39, 0.29) is 38.0 Å². The molecule has 0 aliphatic carbocycles. The summed E-state index contributed by atoms with van der Waals surface area (Å²) < 4.78 is 16.7. The standard InChI is InChI=1S/C61H94O6/c1-4-7-10-13-16-19-22-25-27-29-30-32-33-36-39-42-45-48-51-54-60(63)66-57-58(56-65-59(62)53-50-47-44-41-38-35-24-21-18-15-12-9-6-3)67-61(64)55-52-49-46-43-40-37-34-31-28-26-23-20-17-14-11-8-5-2/h7-8,10-11,16-17,19-20,25-28,30,32,34-39,43-44,46-47,58H,4-6,9,12-15,18,21-24,29,31,33,40-42,45,48-57H2,1-3H3/b10-7-,11-8-,19-16-,20-17-,27-25-,28-26-,32-30-,37-34-,38-35-,39-36-,46-43-,47-44-. The van der Waals surface area contributed by atoms with Gasteiger partial charge in [-0.15, -0.1) is 0 Å². The molecule has 0 heterocycles. The highest BCUT2D eigenvalue weighted by atomic mass is 16.6. The molecule has 67 heavy (non-hydrogen) atoms. The number of allylic oxidation sites excluding steroid dienone is 24. The van der Waals surface area contributed by atoms with E-state index in [1.807, 2.05) is 6.08 Å². The molecule has 0 saturated carbocycles. The second-order valence-electron chi connectivity index (χ2n) is 16.7. The van der Waals surface area contributed by atoms with Crippen molar-refractivity contribution in [2.24, 2.45) is 0 Å². The van der Waals surface area contributed by atoms with Gasteiger partial charge in [-0.05, 0) is 122 Å². The van der Waals surface area contributed by atoms with E-state index in [0.29, 0.717) is 19.3 Å². The zero-order valence-corrected chi connectivity index (χ0v) is 42.6. The largest absolute Gasteiger partial charge is 0.462 e. The molecule has 6 heteroatoms. The minimum atomic E-state index is -0.850. The van der Waals surface area contributed by atoms with E-state index >= 15 is 0 Å². The van der Waals surface area contributed by atoms with Crippen LogP contribution in [0.25, 0.3) is 0 Å². The molecule has 0 aromatic rings. The van der Waals surface area contributed by atoms with Crippen molar-refractivity contribution in [2.45, 2.75) is 207 Å². The molecule has 0 amide bonds. The van der Waals surface area contributed by atoms with E-state index in [0.717, 1.165) is 109 Å². The van der Waals surface area contributed by atoms with E-state index in [1.54, 1.807) is 0 Å². The maximum Gasteiger partial charge on any atom is 0.306 e. The summed E-state index contributed by atoms with van der Waals surface area (Å²) >= 11 is 0. The van der Waals surface area contributed by atoms with Crippen molar-refractivity contribution >= 4 is 17.9 Å². The van der Waals surface area contributed by atoms with Crippen LogP contribution in [0.4, 0.5) is 0 Å². The molecule has 0 bridgehead atoms. The Kier molecular flexibility index (Phi) is 50.1. The van der Waals surface area contributed by atoms with Gasteiger partial charge in [-0.25, -0.2) is 0 Å². The Labute approximate surface area is 410 Å². The van der Waals surface area contributed by atoms with Crippen molar-refractivity contribution in [3.8, 4) is 0 Å². The summed E-state index contributed by atoms with van der Waals surface area (Å²) in [7, 11) is 0. The molecule has 0 aliphatic heterocycles. The Morgan fingerprint density at radius 3 is 1.04 bits per heavy atom. The Bertz CT molecular complexity index is 1530. The van der Waals surface area contributed by atoms with E-state index in [2.05, 4.69) is 161 Å². The summed E-state index contributed by atoms with van der Waals surface area (Å²) in [5.41, 5.74) is 0. The lowest BCUT2D eigenvalue weighted by Crippen LogP contribution is -2.30. The molecule has 0 rings (SSSR count). The number of ether oxygens (including phenoxy) is 3. The fraction of sp³-hybridized carbons (Fsp3) is 0.557. The van der Waals surface area contributed by atoms with Gasteiger partial charge in [0.15, 0.2) is 6.10 Å². The summed E-state index contributed by atoms with van der Waals surface area (Å²) in [6.45, 7) is 6.25.